The molecule has 9 heteroatoms. The minimum absolute atomic E-state index is 0.0561. The second kappa shape index (κ2) is 9.58. The summed E-state index contributed by atoms with van der Waals surface area (Å²) in [5.74, 6) is 0.616. The van der Waals surface area contributed by atoms with Crippen molar-refractivity contribution >= 4 is 22.6 Å². The molecule has 3 aromatic heterocycles. The van der Waals surface area contributed by atoms with Gasteiger partial charge in [0.15, 0.2) is 0 Å². The van der Waals surface area contributed by atoms with Crippen molar-refractivity contribution < 1.29 is 4.74 Å². The van der Waals surface area contributed by atoms with Crippen molar-refractivity contribution in [2.45, 2.75) is 32.9 Å². The Balaban J connectivity index is 1.57. The van der Waals surface area contributed by atoms with Gasteiger partial charge in [-0.25, -0.2) is 15.0 Å². The molecular formula is C25H25ClN6O2. The molecule has 0 bridgehead atoms. The highest BCUT2D eigenvalue weighted by Gasteiger charge is 2.18. The van der Waals surface area contributed by atoms with Gasteiger partial charge in [0.2, 0.25) is 0 Å². The van der Waals surface area contributed by atoms with Gasteiger partial charge in [-0.05, 0) is 32.4 Å². The number of nitrogens with one attached hydrogen (secondary N) is 1. The summed E-state index contributed by atoms with van der Waals surface area (Å²) in [7, 11) is 0. The third kappa shape index (κ3) is 4.57. The zero-order valence-electron chi connectivity index (χ0n) is 19.1. The maximum atomic E-state index is 13.7. The van der Waals surface area contributed by atoms with E-state index in [0.717, 1.165) is 35.4 Å². The summed E-state index contributed by atoms with van der Waals surface area (Å²) in [6.07, 6.45) is 5.91. The maximum absolute atomic E-state index is 13.7. The van der Waals surface area contributed by atoms with E-state index in [1.165, 1.54) is 0 Å². The SMILES string of the molecule is Cc1cncc(-c2ccc(-c3cc4cnc(C)nc4n(CC[C@@H]4CNCCO4)c3=O)c(Cl)c2)n1. The standard InChI is InChI=1S/C25H25ClN6O2/c1-15-11-28-14-23(30-15)17-3-4-20(22(26)10-17)21-9-18-12-29-16(2)31-24(18)32(25(21)33)7-5-19-13-27-6-8-34-19/h3-4,9-12,14,19,27H,5-8,13H2,1-2H3/t19-/m1/s1. The lowest BCUT2D eigenvalue weighted by atomic mass is 10.0. The fourth-order valence-corrected chi connectivity index (χ4v) is 4.50. The van der Waals surface area contributed by atoms with Gasteiger partial charge in [0.1, 0.15) is 11.5 Å². The van der Waals surface area contributed by atoms with Crippen LogP contribution in [0.1, 0.15) is 17.9 Å². The van der Waals surface area contributed by atoms with E-state index in [9.17, 15) is 4.79 Å². The summed E-state index contributed by atoms with van der Waals surface area (Å²) < 4.78 is 7.55. The molecule has 4 heterocycles. The number of benzene rings is 1. The number of morpholine rings is 1. The highest BCUT2D eigenvalue weighted by Crippen LogP contribution is 2.31. The van der Waals surface area contributed by atoms with Crippen LogP contribution in [0.3, 0.4) is 0 Å². The largest absolute Gasteiger partial charge is 0.376 e. The first kappa shape index (κ1) is 22.6. The Bertz CT molecular complexity index is 1410. The van der Waals surface area contributed by atoms with E-state index >= 15 is 0 Å². The van der Waals surface area contributed by atoms with E-state index < -0.39 is 0 Å². The Kier molecular flexibility index (Phi) is 6.36. The molecule has 1 aliphatic rings. The molecule has 0 amide bonds. The number of pyridine rings is 1. The van der Waals surface area contributed by atoms with Crippen LogP contribution >= 0.6 is 11.6 Å². The van der Waals surface area contributed by atoms with Crippen LogP contribution in [0, 0.1) is 13.8 Å². The molecule has 1 aromatic carbocycles. The lowest BCUT2D eigenvalue weighted by Gasteiger charge is -2.24. The molecule has 1 N–H and O–H groups in total. The molecule has 1 fully saturated rings. The average molecular weight is 477 g/mol. The van der Waals surface area contributed by atoms with Gasteiger partial charge < -0.3 is 10.1 Å². The van der Waals surface area contributed by atoms with Gasteiger partial charge in [0.05, 0.1) is 30.3 Å². The van der Waals surface area contributed by atoms with Crippen molar-refractivity contribution in [3.8, 4) is 22.4 Å². The number of hydrogen-bond acceptors (Lipinski definition) is 7. The molecule has 174 valence electrons. The highest BCUT2D eigenvalue weighted by atomic mass is 35.5. The van der Waals surface area contributed by atoms with Gasteiger partial charge in [-0.15, -0.1) is 0 Å². The Hall–Kier alpha value is -3.20. The van der Waals surface area contributed by atoms with E-state index in [4.69, 9.17) is 16.3 Å². The Morgan fingerprint density at radius 2 is 2.03 bits per heavy atom. The van der Waals surface area contributed by atoms with E-state index in [0.29, 0.717) is 47.2 Å². The van der Waals surface area contributed by atoms with Gasteiger partial charge in [-0.2, -0.15) is 0 Å². The number of aryl methyl sites for hydroxylation is 3. The molecule has 0 radical (unpaired) electrons. The molecule has 0 aliphatic carbocycles. The van der Waals surface area contributed by atoms with Crippen molar-refractivity contribution in [3.05, 3.63) is 69.8 Å². The fraction of sp³-hybridized carbons (Fsp3) is 0.320. The number of aromatic nitrogens is 5. The number of ether oxygens (including phenoxy) is 1. The Labute approximate surface area is 202 Å². The second-order valence-corrected chi connectivity index (χ2v) is 8.84. The summed E-state index contributed by atoms with van der Waals surface area (Å²) >= 11 is 6.70. The zero-order chi connectivity index (χ0) is 23.7. The summed E-state index contributed by atoms with van der Waals surface area (Å²) in [6.45, 7) is 6.50. The van der Waals surface area contributed by atoms with Gasteiger partial charge in [-0.1, -0.05) is 23.7 Å². The average Bonchev–Trinajstić information content (AvgIpc) is 2.84. The highest BCUT2D eigenvalue weighted by molar-refractivity contribution is 6.33. The summed E-state index contributed by atoms with van der Waals surface area (Å²) in [4.78, 5) is 31.3. The van der Waals surface area contributed by atoms with Gasteiger partial charge >= 0.3 is 0 Å². The number of rotatable bonds is 5. The van der Waals surface area contributed by atoms with Crippen LogP contribution in [0.15, 0.2) is 47.7 Å². The van der Waals surface area contributed by atoms with Crippen molar-refractivity contribution in [2.75, 3.05) is 19.7 Å². The van der Waals surface area contributed by atoms with E-state index in [-0.39, 0.29) is 11.7 Å². The molecular weight excluding hydrogens is 452 g/mol. The first-order valence-corrected chi connectivity index (χ1v) is 11.7. The predicted molar refractivity (Wildman–Crippen MR) is 132 cm³/mol. The quantitative estimate of drug-likeness (QED) is 0.470. The van der Waals surface area contributed by atoms with E-state index in [2.05, 4.69) is 25.3 Å². The molecule has 8 nitrogen and oxygen atoms in total. The lowest BCUT2D eigenvalue weighted by molar-refractivity contribution is 0.0211. The van der Waals surface area contributed by atoms with Crippen LogP contribution in [0.4, 0.5) is 0 Å². The Morgan fingerprint density at radius 1 is 1.15 bits per heavy atom. The summed E-state index contributed by atoms with van der Waals surface area (Å²) in [5.41, 5.74) is 4.04. The van der Waals surface area contributed by atoms with Crippen molar-refractivity contribution in [3.63, 3.8) is 0 Å². The van der Waals surface area contributed by atoms with Crippen LogP contribution in [0.5, 0.6) is 0 Å². The molecule has 0 saturated carbocycles. The normalized spacial score (nSPS) is 16.1. The van der Waals surface area contributed by atoms with Gasteiger partial charge in [-0.3, -0.25) is 14.3 Å². The Morgan fingerprint density at radius 3 is 2.79 bits per heavy atom. The molecule has 34 heavy (non-hydrogen) atoms. The zero-order valence-corrected chi connectivity index (χ0v) is 19.8. The molecule has 5 rings (SSSR count). The summed E-state index contributed by atoms with van der Waals surface area (Å²) in [6, 6.07) is 7.41. The first-order chi connectivity index (χ1) is 16.5. The third-order valence-corrected chi connectivity index (χ3v) is 6.25. The first-order valence-electron chi connectivity index (χ1n) is 11.3. The summed E-state index contributed by atoms with van der Waals surface area (Å²) in [5, 5.41) is 4.59. The topological polar surface area (TPSA) is 94.8 Å². The third-order valence-electron chi connectivity index (χ3n) is 5.94. The minimum atomic E-state index is -0.139. The fourth-order valence-electron chi connectivity index (χ4n) is 4.22. The van der Waals surface area contributed by atoms with Gasteiger partial charge in [0.25, 0.3) is 5.56 Å². The van der Waals surface area contributed by atoms with Crippen LogP contribution in [0.25, 0.3) is 33.4 Å². The second-order valence-electron chi connectivity index (χ2n) is 8.44. The predicted octanol–water partition coefficient (Wildman–Crippen LogP) is 3.56. The monoisotopic (exact) mass is 476 g/mol. The molecule has 1 atom stereocenters. The molecule has 1 saturated heterocycles. The van der Waals surface area contributed by atoms with Crippen LogP contribution in [-0.4, -0.2) is 50.3 Å². The number of nitrogens with zero attached hydrogens (tertiary/aromatic N) is 5. The number of halogens is 1. The van der Waals surface area contributed by atoms with E-state index in [1.54, 1.807) is 23.2 Å². The van der Waals surface area contributed by atoms with Crippen molar-refractivity contribution in [1.82, 2.24) is 29.8 Å². The molecule has 4 aromatic rings. The van der Waals surface area contributed by atoms with Crippen LogP contribution in [-0.2, 0) is 11.3 Å². The van der Waals surface area contributed by atoms with Crippen molar-refractivity contribution in [1.29, 1.82) is 0 Å². The maximum Gasteiger partial charge on any atom is 0.260 e. The van der Waals surface area contributed by atoms with Crippen LogP contribution in [0.2, 0.25) is 5.02 Å². The lowest BCUT2D eigenvalue weighted by Crippen LogP contribution is -2.39. The van der Waals surface area contributed by atoms with Crippen molar-refractivity contribution in [2.24, 2.45) is 0 Å². The van der Waals surface area contributed by atoms with Gasteiger partial charge in [0, 0.05) is 59.1 Å². The molecule has 1 aliphatic heterocycles. The molecule has 0 spiro atoms. The van der Waals surface area contributed by atoms with E-state index in [1.807, 2.05) is 38.1 Å². The minimum Gasteiger partial charge on any atom is -0.376 e. The number of hydrogen-bond donors (Lipinski definition) is 1. The number of fused-ring (bicyclic) bond motifs is 1. The van der Waals surface area contributed by atoms with Crippen LogP contribution < -0.4 is 10.9 Å². The smallest absolute Gasteiger partial charge is 0.260 e. The molecule has 0 unspecified atom stereocenters.